The zero-order chi connectivity index (χ0) is 11.7. The van der Waals surface area contributed by atoms with Crippen molar-refractivity contribution in [3.8, 4) is 0 Å². The van der Waals surface area contributed by atoms with Gasteiger partial charge < -0.3 is 9.88 Å². The Bertz CT molecular complexity index is 517. The number of nitrogens with one attached hydrogen (secondary N) is 3. The van der Waals surface area contributed by atoms with Crippen LogP contribution in [0.15, 0.2) is 18.6 Å². The number of hydrogen-bond acceptors (Lipinski definition) is 4. The average molecular weight is 233 g/mol. The number of imidazole rings is 1. The molecule has 3 heterocycles. The van der Waals surface area contributed by atoms with E-state index in [1.807, 2.05) is 10.8 Å². The Morgan fingerprint density at radius 2 is 2.53 bits per heavy atom. The van der Waals surface area contributed by atoms with Gasteiger partial charge >= 0.3 is 6.03 Å². The predicted molar refractivity (Wildman–Crippen MR) is 58.1 cm³/mol. The van der Waals surface area contributed by atoms with Gasteiger partial charge in [-0.25, -0.2) is 9.78 Å². The fourth-order valence-corrected chi connectivity index (χ4v) is 1.93. The van der Waals surface area contributed by atoms with Crippen LogP contribution in [-0.4, -0.2) is 31.0 Å². The molecule has 0 radical (unpaired) electrons. The van der Waals surface area contributed by atoms with E-state index < -0.39 is 0 Å². The van der Waals surface area contributed by atoms with Crippen LogP contribution in [0.4, 0.5) is 10.6 Å². The molecule has 0 fully saturated rings. The first-order chi connectivity index (χ1) is 8.33. The molecule has 17 heavy (non-hydrogen) atoms. The largest absolute Gasteiger partial charge is 0.333 e. The molecule has 8 nitrogen and oxygen atoms in total. The molecular weight excluding hydrogens is 222 g/mol. The fourth-order valence-electron chi connectivity index (χ4n) is 1.93. The molecule has 88 valence electrons. The molecule has 3 rings (SSSR count). The summed E-state index contributed by atoms with van der Waals surface area (Å²) in [5, 5.41) is 15.2. The van der Waals surface area contributed by atoms with Crippen molar-refractivity contribution in [3.05, 3.63) is 24.4 Å². The van der Waals surface area contributed by atoms with Crippen molar-refractivity contribution in [2.45, 2.75) is 19.0 Å². The monoisotopic (exact) mass is 233 g/mol. The van der Waals surface area contributed by atoms with Crippen LogP contribution in [0.25, 0.3) is 0 Å². The molecule has 1 atom stereocenters. The van der Waals surface area contributed by atoms with Crippen molar-refractivity contribution < 1.29 is 4.79 Å². The minimum atomic E-state index is -0.305. The van der Waals surface area contributed by atoms with E-state index in [0.717, 1.165) is 18.8 Å². The second kappa shape index (κ2) is 3.89. The first-order valence-electron chi connectivity index (χ1n) is 5.27. The van der Waals surface area contributed by atoms with E-state index in [9.17, 15) is 4.79 Å². The summed E-state index contributed by atoms with van der Waals surface area (Å²) in [7, 11) is 0. The summed E-state index contributed by atoms with van der Waals surface area (Å²) in [6.45, 7) is 0.879. The molecule has 0 saturated carbocycles. The van der Waals surface area contributed by atoms with Crippen molar-refractivity contribution in [2.24, 2.45) is 0 Å². The van der Waals surface area contributed by atoms with Gasteiger partial charge in [0.05, 0.1) is 12.2 Å². The Morgan fingerprint density at radius 1 is 1.59 bits per heavy atom. The van der Waals surface area contributed by atoms with Crippen LogP contribution in [0.5, 0.6) is 0 Å². The van der Waals surface area contributed by atoms with Gasteiger partial charge in [-0.15, -0.1) is 5.10 Å². The van der Waals surface area contributed by atoms with E-state index in [2.05, 4.69) is 31.0 Å². The van der Waals surface area contributed by atoms with Crippen molar-refractivity contribution in [3.63, 3.8) is 0 Å². The normalized spacial score (nSPS) is 17.8. The summed E-state index contributed by atoms with van der Waals surface area (Å²) in [5.74, 6) is 1.28. The maximum Gasteiger partial charge on any atom is 0.321 e. The fraction of sp³-hybridized carbons (Fsp3) is 0.333. The average Bonchev–Trinajstić information content (AvgIpc) is 2.97. The molecule has 0 spiro atoms. The molecule has 0 saturated heterocycles. The summed E-state index contributed by atoms with van der Waals surface area (Å²) in [6.07, 6.45) is 5.94. The van der Waals surface area contributed by atoms with Crippen LogP contribution in [0.3, 0.4) is 0 Å². The molecule has 1 aliphatic rings. The number of amides is 2. The number of aromatic nitrogens is 5. The van der Waals surface area contributed by atoms with Crippen LogP contribution in [0.2, 0.25) is 0 Å². The van der Waals surface area contributed by atoms with E-state index >= 15 is 0 Å². The number of carbonyl (C=O) groups is 1. The lowest BCUT2D eigenvalue weighted by atomic mass is 10.2. The van der Waals surface area contributed by atoms with Gasteiger partial charge in [-0.2, -0.15) is 10.3 Å². The Kier molecular flexibility index (Phi) is 2.25. The van der Waals surface area contributed by atoms with E-state index in [0.29, 0.717) is 5.82 Å². The highest BCUT2D eigenvalue weighted by atomic mass is 16.2. The van der Waals surface area contributed by atoms with E-state index in [1.165, 1.54) is 6.20 Å². The van der Waals surface area contributed by atoms with Gasteiger partial charge in [-0.1, -0.05) is 0 Å². The van der Waals surface area contributed by atoms with Crippen molar-refractivity contribution in [1.29, 1.82) is 0 Å². The van der Waals surface area contributed by atoms with Gasteiger partial charge in [0.2, 0.25) is 0 Å². The highest BCUT2D eigenvalue weighted by molar-refractivity contribution is 5.88. The van der Waals surface area contributed by atoms with Gasteiger partial charge in [0.15, 0.2) is 5.82 Å². The van der Waals surface area contributed by atoms with E-state index in [4.69, 9.17) is 0 Å². The highest BCUT2D eigenvalue weighted by Crippen LogP contribution is 2.23. The number of anilines is 1. The lowest BCUT2D eigenvalue weighted by molar-refractivity contribution is 0.248. The molecule has 0 aromatic carbocycles. The maximum absolute atomic E-state index is 11.7. The molecule has 1 unspecified atom stereocenters. The topological polar surface area (TPSA) is 101 Å². The summed E-state index contributed by atoms with van der Waals surface area (Å²) in [4.78, 5) is 15.9. The second-order valence-electron chi connectivity index (χ2n) is 3.77. The summed E-state index contributed by atoms with van der Waals surface area (Å²) < 4.78 is 2.03. The molecule has 8 heteroatoms. The molecular formula is C9H11N7O. The zero-order valence-corrected chi connectivity index (χ0v) is 8.92. The number of rotatable bonds is 2. The molecule has 2 aromatic heterocycles. The number of nitrogens with zero attached hydrogens (tertiary/aromatic N) is 4. The zero-order valence-electron chi connectivity index (χ0n) is 8.92. The number of hydrogen-bond donors (Lipinski definition) is 3. The number of urea groups is 1. The predicted octanol–water partition coefficient (Wildman–Crippen LogP) is 0.268. The highest BCUT2D eigenvalue weighted by Gasteiger charge is 2.25. The van der Waals surface area contributed by atoms with Gasteiger partial charge in [0.1, 0.15) is 5.82 Å². The Morgan fingerprint density at radius 3 is 3.35 bits per heavy atom. The number of H-pyrrole nitrogens is 1. The molecule has 0 bridgehead atoms. The minimum Gasteiger partial charge on any atom is -0.333 e. The quantitative estimate of drug-likeness (QED) is 0.692. The Labute approximate surface area is 96.4 Å². The van der Waals surface area contributed by atoms with Crippen LogP contribution in [0, 0.1) is 0 Å². The Balaban J connectivity index is 1.63. The van der Waals surface area contributed by atoms with Gasteiger partial charge in [0, 0.05) is 18.9 Å². The number of fused-ring (bicyclic) bond motifs is 1. The molecule has 2 aromatic rings. The van der Waals surface area contributed by atoms with Crippen molar-refractivity contribution in [2.75, 3.05) is 5.32 Å². The molecule has 3 N–H and O–H groups in total. The summed E-state index contributed by atoms with van der Waals surface area (Å²) in [5.41, 5.74) is 0. The SMILES string of the molecule is O=C(Nc1cn[nH]n1)NC1CCn2ccnc21. The summed E-state index contributed by atoms with van der Waals surface area (Å²) in [6, 6.07) is -0.350. The minimum absolute atomic E-state index is 0.0445. The van der Waals surface area contributed by atoms with E-state index in [1.54, 1.807) is 6.20 Å². The van der Waals surface area contributed by atoms with Gasteiger partial charge in [-0.3, -0.25) is 5.32 Å². The standard InChI is InChI=1S/C9H11N7O/c17-9(13-7-5-11-15-14-7)12-6-1-3-16-4-2-10-8(6)16/h2,4-6H,1,3H2,(H3,11,12,13,14,15,17). The molecule has 1 aliphatic heterocycles. The third-order valence-corrected chi connectivity index (χ3v) is 2.68. The Hall–Kier alpha value is -2.38. The van der Waals surface area contributed by atoms with Crippen LogP contribution < -0.4 is 10.6 Å². The second-order valence-corrected chi connectivity index (χ2v) is 3.77. The third-order valence-electron chi connectivity index (χ3n) is 2.68. The molecule has 2 amide bonds. The number of aryl methyl sites for hydroxylation is 1. The van der Waals surface area contributed by atoms with Gasteiger partial charge in [0.25, 0.3) is 0 Å². The van der Waals surface area contributed by atoms with Crippen LogP contribution in [-0.2, 0) is 6.54 Å². The van der Waals surface area contributed by atoms with Crippen molar-refractivity contribution in [1.82, 2.24) is 30.3 Å². The number of aromatic amines is 1. The van der Waals surface area contributed by atoms with Crippen LogP contribution in [0.1, 0.15) is 18.3 Å². The van der Waals surface area contributed by atoms with Gasteiger partial charge in [-0.05, 0) is 6.42 Å². The third kappa shape index (κ3) is 1.84. The first kappa shape index (κ1) is 9.82. The smallest absolute Gasteiger partial charge is 0.321 e. The molecule has 0 aliphatic carbocycles. The van der Waals surface area contributed by atoms with E-state index in [-0.39, 0.29) is 12.1 Å². The first-order valence-corrected chi connectivity index (χ1v) is 5.27. The lowest BCUT2D eigenvalue weighted by Gasteiger charge is -2.10. The number of carbonyl (C=O) groups excluding carboxylic acids is 1. The van der Waals surface area contributed by atoms with Crippen molar-refractivity contribution >= 4 is 11.8 Å². The summed E-state index contributed by atoms with van der Waals surface area (Å²) >= 11 is 0. The lowest BCUT2D eigenvalue weighted by Crippen LogP contribution is -2.32. The maximum atomic E-state index is 11.7. The van der Waals surface area contributed by atoms with Crippen LogP contribution >= 0.6 is 0 Å².